The summed E-state index contributed by atoms with van der Waals surface area (Å²) in [7, 11) is 2.08. The van der Waals surface area contributed by atoms with Gasteiger partial charge in [-0.25, -0.2) is 0 Å². The van der Waals surface area contributed by atoms with E-state index < -0.39 is 0 Å². The van der Waals surface area contributed by atoms with E-state index in [1.54, 1.807) is 0 Å². The van der Waals surface area contributed by atoms with Crippen molar-refractivity contribution in [3.8, 4) is 11.8 Å². The lowest BCUT2D eigenvalue weighted by molar-refractivity contribution is 0.120. The zero-order valence-corrected chi connectivity index (χ0v) is 11.1. The van der Waals surface area contributed by atoms with Crippen LogP contribution in [0.4, 0.5) is 0 Å². The molecule has 0 aliphatic rings. The van der Waals surface area contributed by atoms with Crippen molar-refractivity contribution >= 4 is 0 Å². The average Bonchev–Trinajstić information content (AvgIpc) is 2.38. The standard InChI is InChI=1S/C15H21NO2/c1-3-18-12-10-16(2)13-15-8-6-14(7-9-15)5-4-11-17/h6-9,17H,3,10-13H2,1-2H3. The van der Waals surface area contributed by atoms with Gasteiger partial charge in [0.25, 0.3) is 0 Å². The van der Waals surface area contributed by atoms with Crippen LogP contribution in [-0.2, 0) is 11.3 Å². The molecule has 1 aromatic carbocycles. The molecule has 0 bridgehead atoms. The Kier molecular flexibility index (Phi) is 7.12. The van der Waals surface area contributed by atoms with E-state index in [9.17, 15) is 0 Å². The number of benzene rings is 1. The Hall–Kier alpha value is -1.34. The molecule has 0 spiro atoms. The molecule has 0 heterocycles. The van der Waals surface area contributed by atoms with Crippen LogP contribution in [0.5, 0.6) is 0 Å². The number of likely N-dealkylation sites (N-methyl/N-ethyl adjacent to an activating group) is 1. The Labute approximate surface area is 109 Å². The highest BCUT2D eigenvalue weighted by Gasteiger charge is 2.00. The number of aliphatic hydroxyl groups is 1. The lowest BCUT2D eigenvalue weighted by Crippen LogP contribution is -2.22. The fourth-order valence-corrected chi connectivity index (χ4v) is 1.59. The maximum Gasteiger partial charge on any atom is 0.104 e. The van der Waals surface area contributed by atoms with E-state index >= 15 is 0 Å². The Morgan fingerprint density at radius 2 is 2.00 bits per heavy atom. The number of ether oxygens (including phenoxy) is 1. The highest BCUT2D eigenvalue weighted by Crippen LogP contribution is 2.05. The van der Waals surface area contributed by atoms with Crippen LogP contribution in [0.25, 0.3) is 0 Å². The van der Waals surface area contributed by atoms with Crippen LogP contribution in [0.1, 0.15) is 18.1 Å². The van der Waals surface area contributed by atoms with Crippen molar-refractivity contribution in [3.63, 3.8) is 0 Å². The van der Waals surface area contributed by atoms with Crippen molar-refractivity contribution in [3.05, 3.63) is 35.4 Å². The van der Waals surface area contributed by atoms with Crippen LogP contribution >= 0.6 is 0 Å². The molecule has 1 rings (SSSR count). The molecule has 0 saturated heterocycles. The monoisotopic (exact) mass is 247 g/mol. The third-order valence-corrected chi connectivity index (χ3v) is 2.54. The minimum absolute atomic E-state index is 0.0953. The summed E-state index contributed by atoms with van der Waals surface area (Å²) < 4.78 is 5.32. The van der Waals surface area contributed by atoms with Crippen LogP contribution < -0.4 is 0 Å². The van der Waals surface area contributed by atoms with Gasteiger partial charge in [-0.1, -0.05) is 24.0 Å². The molecule has 0 aliphatic heterocycles. The van der Waals surface area contributed by atoms with E-state index in [2.05, 4.69) is 35.9 Å². The fraction of sp³-hybridized carbons (Fsp3) is 0.467. The van der Waals surface area contributed by atoms with Gasteiger partial charge in [0.1, 0.15) is 6.61 Å². The molecule has 3 heteroatoms. The lowest BCUT2D eigenvalue weighted by atomic mass is 10.1. The van der Waals surface area contributed by atoms with Gasteiger partial charge < -0.3 is 9.84 Å². The lowest BCUT2D eigenvalue weighted by Gasteiger charge is -2.16. The smallest absolute Gasteiger partial charge is 0.104 e. The predicted octanol–water partition coefficient (Wildman–Crippen LogP) is 1.50. The molecule has 1 aromatic rings. The summed E-state index contributed by atoms with van der Waals surface area (Å²) in [6.07, 6.45) is 0. The number of nitrogens with zero attached hydrogens (tertiary/aromatic N) is 1. The van der Waals surface area contributed by atoms with Crippen molar-refractivity contribution in [2.24, 2.45) is 0 Å². The fourth-order valence-electron chi connectivity index (χ4n) is 1.59. The first-order valence-electron chi connectivity index (χ1n) is 6.21. The van der Waals surface area contributed by atoms with Crippen molar-refractivity contribution in [1.82, 2.24) is 4.90 Å². The van der Waals surface area contributed by atoms with E-state index in [0.717, 1.165) is 31.9 Å². The van der Waals surface area contributed by atoms with Crippen LogP contribution in [0.2, 0.25) is 0 Å². The van der Waals surface area contributed by atoms with Crippen LogP contribution in [0.3, 0.4) is 0 Å². The minimum atomic E-state index is -0.0953. The topological polar surface area (TPSA) is 32.7 Å². The van der Waals surface area contributed by atoms with Gasteiger partial charge in [0.05, 0.1) is 6.61 Å². The number of hydrogen-bond acceptors (Lipinski definition) is 3. The highest BCUT2D eigenvalue weighted by molar-refractivity contribution is 5.36. The number of hydrogen-bond donors (Lipinski definition) is 1. The van der Waals surface area contributed by atoms with Crippen LogP contribution in [-0.4, -0.2) is 43.4 Å². The number of aliphatic hydroxyl groups excluding tert-OH is 1. The predicted molar refractivity (Wildman–Crippen MR) is 73.2 cm³/mol. The van der Waals surface area contributed by atoms with Crippen LogP contribution in [0.15, 0.2) is 24.3 Å². The number of rotatable bonds is 6. The van der Waals surface area contributed by atoms with Gasteiger partial charge in [-0.3, -0.25) is 4.90 Å². The molecule has 0 radical (unpaired) electrons. The van der Waals surface area contributed by atoms with Crippen molar-refractivity contribution < 1.29 is 9.84 Å². The molecule has 0 aromatic heterocycles. The summed E-state index contributed by atoms with van der Waals surface area (Å²) in [5.74, 6) is 5.52. The largest absolute Gasteiger partial charge is 0.384 e. The molecule has 0 atom stereocenters. The third-order valence-electron chi connectivity index (χ3n) is 2.54. The zero-order valence-electron chi connectivity index (χ0n) is 11.1. The van der Waals surface area contributed by atoms with Crippen molar-refractivity contribution in [1.29, 1.82) is 0 Å². The maximum absolute atomic E-state index is 8.61. The molecule has 0 aliphatic carbocycles. The van der Waals surface area contributed by atoms with E-state index in [0.29, 0.717) is 0 Å². The van der Waals surface area contributed by atoms with Gasteiger partial charge in [0, 0.05) is 25.3 Å². The first kappa shape index (κ1) is 14.7. The zero-order chi connectivity index (χ0) is 13.2. The molecule has 0 fully saturated rings. The maximum atomic E-state index is 8.61. The van der Waals surface area contributed by atoms with E-state index in [4.69, 9.17) is 9.84 Å². The van der Waals surface area contributed by atoms with E-state index in [-0.39, 0.29) is 6.61 Å². The molecule has 3 nitrogen and oxygen atoms in total. The second kappa shape index (κ2) is 8.71. The third kappa shape index (κ3) is 5.83. The molecular weight excluding hydrogens is 226 g/mol. The molecular formula is C15H21NO2. The van der Waals surface area contributed by atoms with E-state index in [1.807, 2.05) is 19.1 Å². The minimum Gasteiger partial charge on any atom is -0.384 e. The van der Waals surface area contributed by atoms with Gasteiger partial charge in [-0.05, 0) is 31.7 Å². The van der Waals surface area contributed by atoms with Crippen molar-refractivity contribution in [2.45, 2.75) is 13.5 Å². The van der Waals surface area contributed by atoms with Crippen LogP contribution in [0, 0.1) is 11.8 Å². The Morgan fingerprint density at radius 3 is 2.61 bits per heavy atom. The summed E-state index contributed by atoms with van der Waals surface area (Å²) in [5, 5.41) is 8.61. The Bertz CT molecular complexity index is 389. The van der Waals surface area contributed by atoms with Gasteiger partial charge in [0.15, 0.2) is 0 Å². The summed E-state index contributed by atoms with van der Waals surface area (Å²) in [4.78, 5) is 2.23. The molecule has 18 heavy (non-hydrogen) atoms. The summed E-state index contributed by atoms with van der Waals surface area (Å²) in [6.45, 7) is 5.29. The quantitative estimate of drug-likeness (QED) is 0.611. The second-order valence-corrected chi connectivity index (χ2v) is 4.09. The SMILES string of the molecule is CCOCCN(C)Cc1ccc(C#CCO)cc1. The van der Waals surface area contributed by atoms with E-state index in [1.165, 1.54) is 5.56 Å². The molecule has 0 amide bonds. The first-order chi connectivity index (χ1) is 8.76. The van der Waals surface area contributed by atoms with Gasteiger partial charge in [-0.2, -0.15) is 0 Å². The molecule has 98 valence electrons. The van der Waals surface area contributed by atoms with Crippen molar-refractivity contribution in [2.75, 3.05) is 33.4 Å². The summed E-state index contributed by atoms with van der Waals surface area (Å²) in [5.41, 5.74) is 2.19. The first-order valence-corrected chi connectivity index (χ1v) is 6.21. The molecule has 0 saturated carbocycles. The van der Waals surface area contributed by atoms with Gasteiger partial charge in [-0.15, -0.1) is 0 Å². The highest BCUT2D eigenvalue weighted by atomic mass is 16.5. The summed E-state index contributed by atoms with van der Waals surface area (Å²) in [6, 6.07) is 8.10. The normalized spacial score (nSPS) is 10.2. The Balaban J connectivity index is 2.42. The molecule has 1 N–H and O–H groups in total. The Morgan fingerprint density at radius 1 is 1.28 bits per heavy atom. The average molecular weight is 247 g/mol. The van der Waals surface area contributed by atoms with Gasteiger partial charge >= 0.3 is 0 Å². The molecule has 0 unspecified atom stereocenters. The second-order valence-electron chi connectivity index (χ2n) is 4.09. The summed E-state index contributed by atoms with van der Waals surface area (Å²) >= 11 is 0. The van der Waals surface area contributed by atoms with Gasteiger partial charge in [0.2, 0.25) is 0 Å².